The van der Waals surface area contributed by atoms with Gasteiger partial charge in [-0.2, -0.15) is 0 Å². The molecule has 0 radical (unpaired) electrons. The Bertz CT molecular complexity index is 500. The van der Waals surface area contributed by atoms with Crippen LogP contribution in [0.2, 0.25) is 0 Å². The molecule has 32 heavy (non-hydrogen) atoms. The zero-order valence-electron chi connectivity index (χ0n) is 22.8. The van der Waals surface area contributed by atoms with Crippen LogP contribution in [0.1, 0.15) is 114 Å². The molecule has 1 saturated heterocycles. The summed E-state index contributed by atoms with van der Waals surface area (Å²) in [7, 11) is 0. The molecule has 0 bridgehead atoms. The number of halogens is 2. The van der Waals surface area contributed by atoms with Gasteiger partial charge in [0, 0.05) is 25.9 Å². The van der Waals surface area contributed by atoms with Crippen molar-refractivity contribution in [3.05, 3.63) is 0 Å². The van der Waals surface area contributed by atoms with Crippen LogP contribution in [0.25, 0.3) is 0 Å². The quantitative estimate of drug-likeness (QED) is 0.395. The fourth-order valence-corrected chi connectivity index (χ4v) is 3.51. The summed E-state index contributed by atoms with van der Waals surface area (Å²) in [5, 5.41) is 0. The Hall–Kier alpha value is -0.870. The van der Waals surface area contributed by atoms with Gasteiger partial charge < -0.3 is 9.64 Å². The van der Waals surface area contributed by atoms with Gasteiger partial charge in [-0.3, -0.25) is 0 Å². The standard InChI is InChI=1S/C13H25NO2.C8H16F2.C6H12/c1-10(2)11-6-8-14(9-7-11)12(15)16-13(3,4)5;1-4-8(9,10)6-5-7(2)3;1-5(2)6-3-4-6/h10-11H,6-9H2,1-5H3;7H,4-6H2,1-3H3;5-6H,3-4H2,1-2H3. The average Bonchev–Trinajstić information content (AvgIpc) is 3.52. The molecule has 0 atom stereocenters. The molecule has 5 heteroatoms. The van der Waals surface area contributed by atoms with Crippen LogP contribution in [0.5, 0.6) is 0 Å². The topological polar surface area (TPSA) is 29.5 Å². The first kappa shape index (κ1) is 31.1. The van der Waals surface area contributed by atoms with Gasteiger partial charge in [-0.05, 0) is 82.5 Å². The largest absolute Gasteiger partial charge is 0.444 e. The number of hydrogen-bond acceptors (Lipinski definition) is 2. The number of piperidine rings is 1. The predicted molar refractivity (Wildman–Crippen MR) is 132 cm³/mol. The van der Waals surface area contributed by atoms with Gasteiger partial charge >= 0.3 is 6.09 Å². The molecule has 1 aliphatic carbocycles. The second kappa shape index (κ2) is 14.4. The van der Waals surface area contributed by atoms with E-state index in [1.165, 1.54) is 19.8 Å². The van der Waals surface area contributed by atoms with Crippen molar-refractivity contribution < 1.29 is 18.3 Å². The van der Waals surface area contributed by atoms with Gasteiger partial charge in [0.2, 0.25) is 5.92 Å². The van der Waals surface area contributed by atoms with Gasteiger partial charge in [0.1, 0.15) is 5.60 Å². The molecule has 2 fully saturated rings. The number of nitrogens with zero attached hydrogens (tertiary/aromatic N) is 1. The summed E-state index contributed by atoms with van der Waals surface area (Å²) < 4.78 is 30.4. The van der Waals surface area contributed by atoms with Crippen LogP contribution in [-0.2, 0) is 4.74 Å². The van der Waals surface area contributed by atoms with Gasteiger partial charge in [-0.25, -0.2) is 13.6 Å². The van der Waals surface area contributed by atoms with E-state index in [0.29, 0.717) is 12.3 Å². The first-order chi connectivity index (χ1) is 14.6. The summed E-state index contributed by atoms with van der Waals surface area (Å²) in [6, 6.07) is 0. The molecule has 0 aromatic heterocycles. The molecule has 2 aliphatic rings. The fourth-order valence-electron chi connectivity index (χ4n) is 3.51. The Balaban J connectivity index is 0.000000508. The average molecular weight is 462 g/mol. The highest BCUT2D eigenvalue weighted by Crippen LogP contribution is 2.35. The number of carbonyl (C=O) groups excluding carboxylic acids is 1. The van der Waals surface area contributed by atoms with E-state index >= 15 is 0 Å². The number of alkyl halides is 2. The summed E-state index contributed by atoms with van der Waals surface area (Å²) in [5.74, 6) is 1.51. The number of hydrogen-bond donors (Lipinski definition) is 0. The van der Waals surface area contributed by atoms with Gasteiger partial charge in [-0.15, -0.1) is 0 Å². The highest BCUT2D eigenvalue weighted by atomic mass is 19.3. The van der Waals surface area contributed by atoms with Crippen LogP contribution in [0.3, 0.4) is 0 Å². The van der Waals surface area contributed by atoms with Crippen LogP contribution >= 0.6 is 0 Å². The smallest absolute Gasteiger partial charge is 0.410 e. The molecule has 3 nitrogen and oxygen atoms in total. The highest BCUT2D eigenvalue weighted by molar-refractivity contribution is 5.68. The third-order valence-electron chi connectivity index (χ3n) is 6.30. The van der Waals surface area contributed by atoms with Crippen LogP contribution < -0.4 is 0 Å². The van der Waals surface area contributed by atoms with E-state index in [4.69, 9.17) is 4.74 Å². The molecule has 0 N–H and O–H groups in total. The second-order valence-electron chi connectivity index (χ2n) is 11.8. The van der Waals surface area contributed by atoms with Gasteiger partial charge in [0.05, 0.1) is 0 Å². The maximum atomic E-state index is 12.5. The molecular weight excluding hydrogens is 408 g/mol. The predicted octanol–water partition coefficient (Wildman–Crippen LogP) is 8.81. The van der Waals surface area contributed by atoms with Crippen LogP contribution in [0.4, 0.5) is 13.6 Å². The van der Waals surface area contributed by atoms with Crippen LogP contribution in [0.15, 0.2) is 0 Å². The zero-order valence-corrected chi connectivity index (χ0v) is 22.8. The molecule has 0 spiro atoms. The van der Waals surface area contributed by atoms with E-state index in [-0.39, 0.29) is 24.5 Å². The van der Waals surface area contributed by atoms with E-state index in [1.807, 2.05) is 39.5 Å². The SMILES string of the molecule is CC(C)C1CC1.CC(C)C1CCN(C(=O)OC(C)(C)C)CC1.CCC(F)(F)CCC(C)C. The molecule has 1 aliphatic heterocycles. The summed E-state index contributed by atoms with van der Waals surface area (Å²) >= 11 is 0. The Kier molecular flexibility index (Phi) is 14.0. The van der Waals surface area contributed by atoms with Crippen molar-refractivity contribution in [1.82, 2.24) is 4.90 Å². The minimum absolute atomic E-state index is 0.0281. The van der Waals surface area contributed by atoms with Crippen LogP contribution in [-0.4, -0.2) is 35.6 Å². The van der Waals surface area contributed by atoms with Gasteiger partial charge in [-0.1, -0.05) is 48.5 Å². The lowest BCUT2D eigenvalue weighted by Gasteiger charge is -2.34. The highest BCUT2D eigenvalue weighted by Gasteiger charge is 2.28. The number of carbonyl (C=O) groups is 1. The molecule has 0 aromatic carbocycles. The maximum Gasteiger partial charge on any atom is 0.410 e. The van der Waals surface area contributed by atoms with Gasteiger partial charge in [0.25, 0.3) is 0 Å². The monoisotopic (exact) mass is 461 g/mol. The maximum absolute atomic E-state index is 12.5. The van der Waals surface area contributed by atoms with E-state index < -0.39 is 5.92 Å². The van der Waals surface area contributed by atoms with E-state index in [9.17, 15) is 13.6 Å². The first-order valence-electron chi connectivity index (χ1n) is 12.9. The molecule has 0 unspecified atom stereocenters. The van der Waals surface area contributed by atoms with Crippen molar-refractivity contribution in [3.8, 4) is 0 Å². The van der Waals surface area contributed by atoms with Crippen molar-refractivity contribution in [3.63, 3.8) is 0 Å². The Morgan fingerprint density at radius 3 is 1.62 bits per heavy atom. The number of likely N-dealkylation sites (tertiary alicyclic amines) is 1. The van der Waals surface area contributed by atoms with Crippen molar-refractivity contribution in [2.24, 2.45) is 29.6 Å². The molecule has 1 amide bonds. The number of rotatable bonds is 6. The molecule has 1 saturated carbocycles. The minimum atomic E-state index is -2.43. The zero-order chi connectivity index (χ0) is 25.1. The third kappa shape index (κ3) is 15.9. The van der Waals surface area contributed by atoms with E-state index in [1.54, 1.807) is 0 Å². The lowest BCUT2D eigenvalue weighted by atomic mass is 9.87. The molecule has 0 aromatic rings. The molecule has 2 rings (SSSR count). The first-order valence-corrected chi connectivity index (χ1v) is 12.9. The lowest BCUT2D eigenvalue weighted by Crippen LogP contribution is -2.42. The summed E-state index contributed by atoms with van der Waals surface area (Å²) in [6.45, 7) is 22.0. The molecule has 192 valence electrons. The second-order valence-corrected chi connectivity index (χ2v) is 11.8. The van der Waals surface area contributed by atoms with Crippen molar-refractivity contribution in [1.29, 1.82) is 0 Å². The van der Waals surface area contributed by atoms with E-state index in [2.05, 4.69) is 27.7 Å². The van der Waals surface area contributed by atoms with E-state index in [0.717, 1.165) is 49.6 Å². The van der Waals surface area contributed by atoms with Crippen molar-refractivity contribution in [2.45, 2.75) is 126 Å². The van der Waals surface area contributed by atoms with Crippen molar-refractivity contribution in [2.75, 3.05) is 13.1 Å². The normalized spacial score (nSPS) is 17.7. The molecule has 1 heterocycles. The summed E-state index contributed by atoms with van der Waals surface area (Å²) in [4.78, 5) is 13.6. The van der Waals surface area contributed by atoms with Crippen LogP contribution in [0, 0.1) is 29.6 Å². The Labute approximate surface area is 198 Å². The van der Waals surface area contributed by atoms with Crippen molar-refractivity contribution >= 4 is 6.09 Å². The van der Waals surface area contributed by atoms with Gasteiger partial charge in [0.15, 0.2) is 0 Å². The number of ether oxygens (including phenoxy) is 1. The minimum Gasteiger partial charge on any atom is -0.444 e. The third-order valence-corrected chi connectivity index (χ3v) is 6.30. The summed E-state index contributed by atoms with van der Waals surface area (Å²) in [6.07, 6.45) is 5.69. The fraction of sp³-hybridized carbons (Fsp3) is 0.963. The Morgan fingerprint density at radius 2 is 1.34 bits per heavy atom. The Morgan fingerprint density at radius 1 is 0.906 bits per heavy atom. The lowest BCUT2D eigenvalue weighted by molar-refractivity contribution is -0.0159. The summed E-state index contributed by atoms with van der Waals surface area (Å²) in [5.41, 5.74) is -0.383. The number of amides is 1. The molecular formula is C27H53F2NO2.